The molecule has 0 fully saturated rings. The molecule has 0 aliphatic carbocycles. The number of aliphatic hydroxyl groups excluding tert-OH is 1. The van der Waals surface area contributed by atoms with Crippen LogP contribution in [0.1, 0.15) is 10.9 Å². The first kappa shape index (κ1) is 10.1. The van der Waals surface area contributed by atoms with E-state index in [9.17, 15) is 0 Å². The molecule has 2 aromatic rings. The number of hydrogen-bond acceptors (Lipinski definition) is 3. The second-order valence-corrected chi connectivity index (χ2v) is 5.15. The average molecular weight is 272 g/mol. The summed E-state index contributed by atoms with van der Waals surface area (Å²) >= 11 is 5.05. The summed E-state index contributed by atoms with van der Waals surface area (Å²) in [6.45, 7) is -0.00596. The number of nitrogens with two attached hydrogens (primary N) is 1. The molecule has 0 aliphatic heterocycles. The largest absolute Gasteiger partial charge is 0.394 e. The molecule has 2 rings (SSSR count). The molecule has 0 aliphatic rings. The number of rotatable bonds is 2. The van der Waals surface area contributed by atoms with E-state index in [0.29, 0.717) is 0 Å². The van der Waals surface area contributed by atoms with Gasteiger partial charge in [-0.05, 0) is 29.7 Å². The van der Waals surface area contributed by atoms with Crippen molar-refractivity contribution in [2.45, 2.75) is 6.04 Å². The molecule has 1 heterocycles. The Morgan fingerprint density at radius 2 is 2.21 bits per heavy atom. The van der Waals surface area contributed by atoms with Crippen molar-refractivity contribution >= 4 is 37.4 Å². The average Bonchev–Trinajstić information content (AvgIpc) is 2.59. The van der Waals surface area contributed by atoms with Gasteiger partial charge in [-0.2, -0.15) is 0 Å². The first-order valence-corrected chi connectivity index (χ1v) is 5.87. The lowest BCUT2D eigenvalue weighted by Crippen LogP contribution is -2.12. The fourth-order valence-corrected chi connectivity index (χ4v) is 2.72. The minimum Gasteiger partial charge on any atom is -0.394 e. The molecule has 0 bridgehead atoms. The lowest BCUT2D eigenvalue weighted by molar-refractivity contribution is 0.269. The van der Waals surface area contributed by atoms with Gasteiger partial charge in [-0.1, -0.05) is 15.9 Å². The van der Waals surface area contributed by atoms with E-state index < -0.39 is 0 Å². The number of thiophene rings is 1. The van der Waals surface area contributed by atoms with Crippen molar-refractivity contribution in [1.82, 2.24) is 0 Å². The van der Waals surface area contributed by atoms with E-state index in [-0.39, 0.29) is 12.6 Å². The van der Waals surface area contributed by atoms with Crippen LogP contribution < -0.4 is 5.73 Å². The molecule has 14 heavy (non-hydrogen) atoms. The zero-order valence-corrected chi connectivity index (χ0v) is 9.81. The summed E-state index contributed by atoms with van der Waals surface area (Å²) in [4.78, 5) is 1.03. The number of hydrogen-bond donors (Lipinski definition) is 2. The van der Waals surface area contributed by atoms with Crippen LogP contribution in [0.3, 0.4) is 0 Å². The molecule has 0 spiro atoms. The number of benzene rings is 1. The van der Waals surface area contributed by atoms with E-state index in [0.717, 1.165) is 9.35 Å². The zero-order chi connectivity index (χ0) is 10.1. The van der Waals surface area contributed by atoms with E-state index in [1.807, 2.05) is 12.1 Å². The van der Waals surface area contributed by atoms with Gasteiger partial charge in [0, 0.05) is 14.0 Å². The van der Waals surface area contributed by atoms with Crippen molar-refractivity contribution in [3.05, 3.63) is 33.6 Å². The van der Waals surface area contributed by atoms with Crippen LogP contribution in [0.4, 0.5) is 0 Å². The highest BCUT2D eigenvalue weighted by molar-refractivity contribution is 9.10. The lowest BCUT2D eigenvalue weighted by Gasteiger charge is -2.02. The van der Waals surface area contributed by atoms with Gasteiger partial charge in [-0.15, -0.1) is 11.3 Å². The molecule has 0 amide bonds. The van der Waals surface area contributed by atoms with Crippen LogP contribution in [0.15, 0.2) is 28.7 Å². The predicted molar refractivity (Wildman–Crippen MR) is 63.5 cm³/mol. The molecule has 1 aromatic carbocycles. The summed E-state index contributed by atoms with van der Waals surface area (Å²) in [5.41, 5.74) is 5.74. The lowest BCUT2D eigenvalue weighted by atomic mass is 10.2. The number of fused-ring (bicyclic) bond motifs is 1. The summed E-state index contributed by atoms with van der Waals surface area (Å²) in [5, 5.41) is 10.1. The van der Waals surface area contributed by atoms with E-state index >= 15 is 0 Å². The maximum Gasteiger partial charge on any atom is 0.0632 e. The molecule has 3 N–H and O–H groups in total. The molecule has 0 radical (unpaired) electrons. The highest BCUT2D eigenvalue weighted by Gasteiger charge is 2.08. The van der Waals surface area contributed by atoms with E-state index in [2.05, 4.69) is 28.1 Å². The van der Waals surface area contributed by atoms with Crippen LogP contribution in [0, 0.1) is 0 Å². The topological polar surface area (TPSA) is 46.2 Å². The molecule has 0 saturated carbocycles. The molecule has 0 saturated heterocycles. The fraction of sp³-hybridized carbons (Fsp3) is 0.200. The molecule has 74 valence electrons. The molecule has 1 aromatic heterocycles. The van der Waals surface area contributed by atoms with Crippen LogP contribution in [-0.4, -0.2) is 11.7 Å². The van der Waals surface area contributed by atoms with Gasteiger partial charge in [-0.3, -0.25) is 0 Å². The van der Waals surface area contributed by atoms with Gasteiger partial charge < -0.3 is 10.8 Å². The second-order valence-electron chi connectivity index (χ2n) is 3.12. The summed E-state index contributed by atoms with van der Waals surface area (Å²) in [6.07, 6.45) is 0. The van der Waals surface area contributed by atoms with Crippen molar-refractivity contribution < 1.29 is 5.11 Å². The van der Waals surface area contributed by atoms with Gasteiger partial charge in [0.1, 0.15) is 0 Å². The standard InChI is InChI=1S/C10H10BrNOS/c11-7-1-2-9-6(3-7)4-10(14-9)8(12)5-13/h1-4,8,13H,5,12H2/t8-/m1/s1. The molecule has 4 heteroatoms. The molecule has 0 unspecified atom stereocenters. The van der Waals surface area contributed by atoms with Gasteiger partial charge in [0.2, 0.25) is 0 Å². The van der Waals surface area contributed by atoms with Crippen LogP contribution >= 0.6 is 27.3 Å². The van der Waals surface area contributed by atoms with Gasteiger partial charge in [0.25, 0.3) is 0 Å². The van der Waals surface area contributed by atoms with Crippen molar-refractivity contribution in [1.29, 1.82) is 0 Å². The molecular formula is C10H10BrNOS. The highest BCUT2D eigenvalue weighted by atomic mass is 79.9. The Balaban J connectivity index is 2.51. The van der Waals surface area contributed by atoms with Gasteiger partial charge in [0.05, 0.1) is 12.6 Å². The quantitative estimate of drug-likeness (QED) is 0.882. The van der Waals surface area contributed by atoms with Crippen LogP contribution in [0.2, 0.25) is 0 Å². The maximum atomic E-state index is 8.94. The first-order chi connectivity index (χ1) is 6.70. The Bertz CT molecular complexity index is 454. The van der Waals surface area contributed by atoms with Crippen LogP contribution in [0.5, 0.6) is 0 Å². The van der Waals surface area contributed by atoms with E-state index in [4.69, 9.17) is 10.8 Å². The minimum absolute atomic E-state index is 0.00596. The maximum absolute atomic E-state index is 8.94. The first-order valence-electron chi connectivity index (χ1n) is 4.26. The Morgan fingerprint density at radius 3 is 2.93 bits per heavy atom. The normalized spacial score (nSPS) is 13.4. The van der Waals surface area contributed by atoms with Gasteiger partial charge in [0.15, 0.2) is 0 Å². The van der Waals surface area contributed by atoms with E-state index in [1.165, 1.54) is 10.1 Å². The summed E-state index contributed by atoms with van der Waals surface area (Å²) in [6, 6.07) is 7.89. The number of halogens is 1. The minimum atomic E-state index is -0.258. The Morgan fingerprint density at radius 1 is 1.43 bits per heavy atom. The van der Waals surface area contributed by atoms with E-state index in [1.54, 1.807) is 11.3 Å². The predicted octanol–water partition coefficient (Wildman–Crippen LogP) is 2.66. The molecule has 2 nitrogen and oxygen atoms in total. The SMILES string of the molecule is N[C@H](CO)c1cc2cc(Br)ccc2s1. The van der Waals surface area contributed by atoms with Gasteiger partial charge in [-0.25, -0.2) is 0 Å². The summed E-state index contributed by atoms with van der Waals surface area (Å²) < 4.78 is 2.26. The monoisotopic (exact) mass is 271 g/mol. The van der Waals surface area contributed by atoms with Gasteiger partial charge >= 0.3 is 0 Å². The Kier molecular flexibility index (Phi) is 2.88. The van der Waals surface area contributed by atoms with Crippen molar-refractivity contribution in [2.75, 3.05) is 6.61 Å². The molecular weight excluding hydrogens is 262 g/mol. The summed E-state index contributed by atoms with van der Waals surface area (Å²) in [5.74, 6) is 0. The summed E-state index contributed by atoms with van der Waals surface area (Å²) in [7, 11) is 0. The Hall–Kier alpha value is -0.420. The number of aliphatic hydroxyl groups is 1. The van der Waals surface area contributed by atoms with Crippen LogP contribution in [0.25, 0.3) is 10.1 Å². The third-order valence-electron chi connectivity index (χ3n) is 2.06. The van der Waals surface area contributed by atoms with Crippen molar-refractivity contribution in [2.24, 2.45) is 5.73 Å². The highest BCUT2D eigenvalue weighted by Crippen LogP contribution is 2.30. The third-order valence-corrected chi connectivity index (χ3v) is 3.80. The van der Waals surface area contributed by atoms with Crippen molar-refractivity contribution in [3.8, 4) is 0 Å². The van der Waals surface area contributed by atoms with Crippen molar-refractivity contribution in [3.63, 3.8) is 0 Å². The smallest absolute Gasteiger partial charge is 0.0632 e. The van der Waals surface area contributed by atoms with Crippen LogP contribution in [-0.2, 0) is 0 Å². The fourth-order valence-electron chi connectivity index (χ4n) is 1.31. The zero-order valence-electron chi connectivity index (χ0n) is 7.40. The Labute approximate surface area is 94.5 Å². The second kappa shape index (κ2) is 3.98. The molecule has 1 atom stereocenters. The third kappa shape index (κ3) is 1.83.